The molecule has 3 aromatic rings. The number of carboxylic acids is 2. The Labute approximate surface area is 305 Å². The first-order chi connectivity index (χ1) is 24.9. The number of hydrogen-bond acceptors (Lipinski definition) is 7. The first-order valence-corrected chi connectivity index (χ1v) is 17.4. The minimum Gasteiger partial charge on any atom is -0.481 e. The molecule has 13 nitrogen and oxygen atoms in total. The Bertz CT molecular complexity index is 1840. The molecule has 0 bridgehead atoms. The van der Waals surface area contributed by atoms with Crippen molar-refractivity contribution in [3.05, 3.63) is 100 Å². The van der Waals surface area contributed by atoms with E-state index in [1.165, 1.54) is 22.8 Å². The van der Waals surface area contributed by atoms with Gasteiger partial charge >= 0.3 is 11.9 Å². The number of carbonyl (C=O) groups excluding carboxylic acids is 4. The van der Waals surface area contributed by atoms with Crippen molar-refractivity contribution >= 4 is 58.9 Å². The maximum atomic E-state index is 14.4. The quantitative estimate of drug-likeness (QED) is 0.171. The van der Waals surface area contributed by atoms with Crippen LogP contribution >= 0.6 is 11.6 Å². The van der Waals surface area contributed by atoms with Crippen molar-refractivity contribution in [1.82, 2.24) is 20.5 Å². The van der Waals surface area contributed by atoms with Crippen LogP contribution in [0.2, 0.25) is 5.02 Å². The molecule has 14 heteroatoms. The molecule has 2 heterocycles. The summed E-state index contributed by atoms with van der Waals surface area (Å²) in [4.78, 5) is 83.8. The van der Waals surface area contributed by atoms with E-state index in [1.807, 2.05) is 0 Å². The molecule has 2 aromatic carbocycles. The van der Waals surface area contributed by atoms with Crippen molar-refractivity contribution in [2.24, 2.45) is 5.41 Å². The SMILES string of the molecule is CC(=O)NCCC1(C(=O)N/C(=C\c2ccc(N3C(=O)C(Cc4cccnc4)N(C(=O)CCC(=O)O)C3c3ccc(Cl)cc3)cc2)C(=O)O)CCCC1. The van der Waals surface area contributed by atoms with E-state index >= 15 is 0 Å². The first kappa shape index (κ1) is 37.7. The number of rotatable bonds is 14. The number of nitrogens with one attached hydrogen (secondary N) is 2. The van der Waals surface area contributed by atoms with E-state index in [0.29, 0.717) is 53.2 Å². The summed E-state index contributed by atoms with van der Waals surface area (Å²) in [6.45, 7) is 1.70. The predicted molar refractivity (Wildman–Crippen MR) is 192 cm³/mol. The largest absolute Gasteiger partial charge is 0.481 e. The van der Waals surface area contributed by atoms with Crippen LogP contribution in [-0.2, 0) is 35.2 Å². The second-order valence-electron chi connectivity index (χ2n) is 13.0. The Kier molecular flexibility index (Phi) is 12.1. The van der Waals surface area contributed by atoms with E-state index in [2.05, 4.69) is 15.6 Å². The number of amides is 4. The standard InChI is InChI=1S/C38H40ClN5O8/c1-24(45)41-20-18-38(16-2-3-17-38)37(52)42-30(36(50)51)21-25-6-12-29(13-7-25)43-34(27-8-10-28(39)11-9-27)44(32(46)14-15-33(47)48)31(35(43)49)22-26-5-4-19-40-23-26/h4-13,19,21,23,31,34H,2-3,14-18,20,22H2,1H3,(H,41,45)(H,42,52)(H,47,48)(H,50,51)/b30-21-. The molecule has 5 rings (SSSR count). The van der Waals surface area contributed by atoms with Gasteiger partial charge in [-0.05, 0) is 72.4 Å². The normalized spacial score (nSPS) is 18.3. The number of anilines is 1. The van der Waals surface area contributed by atoms with Crippen LogP contribution in [0, 0.1) is 5.41 Å². The van der Waals surface area contributed by atoms with Crippen LogP contribution in [0.3, 0.4) is 0 Å². The van der Waals surface area contributed by atoms with Gasteiger partial charge in [0.05, 0.1) is 11.8 Å². The molecule has 4 amide bonds. The average molecular weight is 730 g/mol. The number of carbonyl (C=O) groups is 6. The molecule has 1 saturated heterocycles. The van der Waals surface area contributed by atoms with Crippen LogP contribution in [-0.4, -0.2) is 68.3 Å². The lowest BCUT2D eigenvalue weighted by molar-refractivity contribution is -0.142. The highest BCUT2D eigenvalue weighted by Gasteiger charge is 2.49. The molecule has 52 heavy (non-hydrogen) atoms. The number of aliphatic carboxylic acids is 2. The third kappa shape index (κ3) is 8.83. The van der Waals surface area contributed by atoms with Crippen molar-refractivity contribution in [3.63, 3.8) is 0 Å². The van der Waals surface area contributed by atoms with Crippen molar-refractivity contribution in [3.8, 4) is 0 Å². The Morgan fingerprint density at radius 2 is 1.67 bits per heavy atom. The third-order valence-electron chi connectivity index (χ3n) is 9.51. The zero-order chi connectivity index (χ0) is 37.4. The first-order valence-electron chi connectivity index (χ1n) is 17.0. The molecule has 272 valence electrons. The highest BCUT2D eigenvalue weighted by atomic mass is 35.5. The molecule has 1 aliphatic heterocycles. The Balaban J connectivity index is 1.47. The lowest BCUT2D eigenvalue weighted by Crippen LogP contribution is -2.42. The van der Waals surface area contributed by atoms with Gasteiger partial charge in [0.15, 0.2) is 0 Å². The van der Waals surface area contributed by atoms with Gasteiger partial charge in [0.2, 0.25) is 17.7 Å². The summed E-state index contributed by atoms with van der Waals surface area (Å²) in [7, 11) is 0. The Hall–Kier alpha value is -5.56. The molecule has 2 unspecified atom stereocenters. The Morgan fingerprint density at radius 3 is 2.27 bits per heavy atom. The monoisotopic (exact) mass is 729 g/mol. The molecular weight excluding hydrogens is 690 g/mol. The molecule has 1 saturated carbocycles. The van der Waals surface area contributed by atoms with E-state index in [1.54, 1.807) is 73.1 Å². The van der Waals surface area contributed by atoms with Crippen LogP contribution in [0.25, 0.3) is 6.08 Å². The summed E-state index contributed by atoms with van der Waals surface area (Å²) in [6, 6.07) is 15.6. The number of halogens is 1. The van der Waals surface area contributed by atoms with Crippen LogP contribution in [0.5, 0.6) is 0 Å². The fourth-order valence-electron chi connectivity index (χ4n) is 6.91. The number of nitrogens with zero attached hydrogens (tertiary/aromatic N) is 3. The van der Waals surface area contributed by atoms with Crippen LogP contribution in [0.15, 0.2) is 78.8 Å². The molecule has 2 aliphatic rings. The minimum atomic E-state index is -1.33. The number of carboxylic acid groups (broad SMARTS) is 2. The van der Waals surface area contributed by atoms with Gasteiger partial charge in [-0.3, -0.25) is 33.9 Å². The van der Waals surface area contributed by atoms with E-state index < -0.39 is 53.7 Å². The summed E-state index contributed by atoms with van der Waals surface area (Å²) in [5.41, 5.74) is 0.966. The average Bonchev–Trinajstić information content (AvgIpc) is 3.71. The molecule has 1 aliphatic carbocycles. The number of aromatic nitrogens is 1. The van der Waals surface area contributed by atoms with Gasteiger partial charge in [0.25, 0.3) is 5.91 Å². The third-order valence-corrected chi connectivity index (χ3v) is 9.76. The highest BCUT2D eigenvalue weighted by molar-refractivity contribution is 6.30. The lowest BCUT2D eigenvalue weighted by Gasteiger charge is -2.32. The molecule has 1 aromatic heterocycles. The second kappa shape index (κ2) is 16.6. The minimum absolute atomic E-state index is 0.126. The summed E-state index contributed by atoms with van der Waals surface area (Å²) in [6.07, 6.45) is 6.13. The summed E-state index contributed by atoms with van der Waals surface area (Å²) in [5, 5.41) is 25.1. The zero-order valence-electron chi connectivity index (χ0n) is 28.6. The van der Waals surface area contributed by atoms with Crippen LogP contribution < -0.4 is 15.5 Å². The van der Waals surface area contributed by atoms with Crippen molar-refractivity contribution < 1.29 is 39.0 Å². The van der Waals surface area contributed by atoms with E-state index in [0.717, 1.165) is 12.8 Å². The maximum absolute atomic E-state index is 14.4. The molecule has 2 fully saturated rings. The van der Waals surface area contributed by atoms with Gasteiger partial charge in [-0.1, -0.05) is 54.8 Å². The number of hydrogen-bond donors (Lipinski definition) is 4. The molecule has 0 radical (unpaired) electrons. The second-order valence-corrected chi connectivity index (χ2v) is 13.5. The van der Waals surface area contributed by atoms with Gasteiger partial charge < -0.3 is 25.7 Å². The number of benzene rings is 2. The fourth-order valence-corrected chi connectivity index (χ4v) is 7.04. The van der Waals surface area contributed by atoms with Gasteiger partial charge in [0.1, 0.15) is 17.9 Å². The molecular formula is C38H40ClN5O8. The zero-order valence-corrected chi connectivity index (χ0v) is 29.3. The van der Waals surface area contributed by atoms with Crippen molar-refractivity contribution in [2.75, 3.05) is 11.4 Å². The van der Waals surface area contributed by atoms with E-state index in [4.69, 9.17) is 11.6 Å². The molecule has 0 spiro atoms. The fraction of sp³-hybridized carbons (Fsp3) is 0.342. The molecule has 2 atom stereocenters. The summed E-state index contributed by atoms with van der Waals surface area (Å²) >= 11 is 6.19. The van der Waals surface area contributed by atoms with Gasteiger partial charge in [-0.2, -0.15) is 0 Å². The van der Waals surface area contributed by atoms with Gasteiger partial charge in [0, 0.05) is 49.4 Å². The van der Waals surface area contributed by atoms with E-state index in [-0.39, 0.29) is 24.4 Å². The smallest absolute Gasteiger partial charge is 0.352 e. The summed E-state index contributed by atoms with van der Waals surface area (Å²) in [5.74, 6) is -4.03. The number of pyridine rings is 1. The maximum Gasteiger partial charge on any atom is 0.352 e. The Morgan fingerprint density at radius 1 is 0.981 bits per heavy atom. The molecule has 4 N–H and O–H groups in total. The van der Waals surface area contributed by atoms with Crippen molar-refractivity contribution in [2.45, 2.75) is 70.5 Å². The lowest BCUT2D eigenvalue weighted by atomic mass is 9.81. The topological polar surface area (TPSA) is 186 Å². The van der Waals surface area contributed by atoms with E-state index in [9.17, 15) is 39.0 Å². The predicted octanol–water partition coefficient (Wildman–Crippen LogP) is 4.71. The van der Waals surface area contributed by atoms with Gasteiger partial charge in [-0.15, -0.1) is 0 Å². The van der Waals surface area contributed by atoms with Crippen LogP contribution in [0.4, 0.5) is 5.69 Å². The van der Waals surface area contributed by atoms with Crippen LogP contribution in [0.1, 0.15) is 74.7 Å². The van der Waals surface area contributed by atoms with Gasteiger partial charge in [-0.25, -0.2) is 4.79 Å². The summed E-state index contributed by atoms with van der Waals surface area (Å²) < 4.78 is 0. The van der Waals surface area contributed by atoms with Crippen molar-refractivity contribution in [1.29, 1.82) is 0 Å². The highest BCUT2D eigenvalue weighted by Crippen LogP contribution is 2.42.